The van der Waals surface area contributed by atoms with Gasteiger partial charge < -0.3 is 14.9 Å². The molecule has 0 aliphatic heterocycles. The highest BCUT2D eigenvalue weighted by Crippen LogP contribution is 2.18. The molecule has 3 heteroatoms. The van der Waals surface area contributed by atoms with E-state index in [-0.39, 0.29) is 6.61 Å². The van der Waals surface area contributed by atoms with E-state index in [0.717, 1.165) is 24.2 Å². The van der Waals surface area contributed by atoms with Crippen molar-refractivity contribution in [3.05, 3.63) is 29.3 Å². The predicted molar refractivity (Wildman–Crippen MR) is 68.9 cm³/mol. The van der Waals surface area contributed by atoms with Crippen LogP contribution in [0.2, 0.25) is 0 Å². The van der Waals surface area contributed by atoms with E-state index in [4.69, 9.17) is 5.11 Å². The van der Waals surface area contributed by atoms with E-state index in [2.05, 4.69) is 43.1 Å². The molecule has 0 fully saturated rings. The summed E-state index contributed by atoms with van der Waals surface area (Å²) in [4.78, 5) is 4.40. The summed E-state index contributed by atoms with van der Waals surface area (Å²) in [6.45, 7) is 4.20. The fourth-order valence-corrected chi connectivity index (χ4v) is 1.57. The van der Waals surface area contributed by atoms with Gasteiger partial charge in [-0.05, 0) is 44.3 Å². The van der Waals surface area contributed by atoms with Gasteiger partial charge in [-0.3, -0.25) is 0 Å². The Balaban J connectivity index is 2.69. The molecule has 3 nitrogen and oxygen atoms in total. The van der Waals surface area contributed by atoms with Crippen LogP contribution in [0, 0.1) is 6.92 Å². The van der Waals surface area contributed by atoms with E-state index in [1.807, 2.05) is 13.0 Å². The van der Waals surface area contributed by atoms with Gasteiger partial charge in [0.25, 0.3) is 0 Å². The second kappa shape index (κ2) is 5.87. The Morgan fingerprint density at radius 2 is 1.81 bits per heavy atom. The number of hydrogen-bond acceptors (Lipinski definition) is 3. The van der Waals surface area contributed by atoms with E-state index in [9.17, 15) is 0 Å². The molecule has 1 rings (SSSR count). The number of aliphatic hydroxyl groups is 1. The van der Waals surface area contributed by atoms with Crippen molar-refractivity contribution in [3.63, 3.8) is 0 Å². The zero-order valence-electron chi connectivity index (χ0n) is 10.7. The maximum atomic E-state index is 9.10. The molecule has 16 heavy (non-hydrogen) atoms. The van der Waals surface area contributed by atoms with E-state index >= 15 is 0 Å². The number of aryl methyl sites for hydroxylation is 1. The highest BCUT2D eigenvalue weighted by atomic mass is 16.3. The summed E-state index contributed by atoms with van der Waals surface area (Å²) in [5, 5.41) is 9.10. The largest absolute Gasteiger partial charge is 0.392 e. The lowest BCUT2D eigenvalue weighted by Crippen LogP contribution is -2.28. The first-order chi connectivity index (χ1) is 7.54. The molecule has 0 bridgehead atoms. The Morgan fingerprint density at radius 3 is 2.31 bits per heavy atom. The number of hydrogen-bond donors (Lipinski definition) is 1. The zero-order valence-corrected chi connectivity index (χ0v) is 10.7. The number of aliphatic hydroxyl groups excluding tert-OH is 1. The summed E-state index contributed by atoms with van der Waals surface area (Å²) < 4.78 is 0. The van der Waals surface area contributed by atoms with Gasteiger partial charge in [0.05, 0.1) is 6.61 Å². The minimum Gasteiger partial charge on any atom is -0.392 e. The summed E-state index contributed by atoms with van der Waals surface area (Å²) in [6, 6.07) is 6.19. The van der Waals surface area contributed by atoms with Gasteiger partial charge in [-0.15, -0.1) is 0 Å². The Bertz CT molecular complexity index is 337. The molecule has 0 aliphatic carbocycles. The second-order valence-corrected chi connectivity index (χ2v) is 4.49. The van der Waals surface area contributed by atoms with Gasteiger partial charge in [-0.25, -0.2) is 0 Å². The standard InChI is InChI=1S/C13H22N2O/c1-11-9-13(6-5-12(11)10-16)15(4)8-7-14(2)3/h5-6,9,16H,7-8,10H2,1-4H3. The molecule has 0 amide bonds. The normalized spacial score (nSPS) is 10.9. The summed E-state index contributed by atoms with van der Waals surface area (Å²) in [7, 11) is 6.25. The van der Waals surface area contributed by atoms with Crippen LogP contribution < -0.4 is 4.90 Å². The topological polar surface area (TPSA) is 26.7 Å². The summed E-state index contributed by atoms with van der Waals surface area (Å²) in [5.41, 5.74) is 3.36. The molecule has 0 atom stereocenters. The van der Waals surface area contributed by atoms with Gasteiger partial charge in [0.1, 0.15) is 0 Å². The van der Waals surface area contributed by atoms with Gasteiger partial charge in [0.2, 0.25) is 0 Å². The fraction of sp³-hybridized carbons (Fsp3) is 0.538. The lowest BCUT2D eigenvalue weighted by atomic mass is 10.1. The van der Waals surface area contributed by atoms with Crippen molar-refractivity contribution in [1.82, 2.24) is 4.90 Å². The summed E-state index contributed by atoms with van der Waals surface area (Å²) >= 11 is 0. The summed E-state index contributed by atoms with van der Waals surface area (Å²) in [5.74, 6) is 0. The maximum Gasteiger partial charge on any atom is 0.0684 e. The molecule has 0 saturated heterocycles. The van der Waals surface area contributed by atoms with Crippen molar-refractivity contribution in [2.24, 2.45) is 0 Å². The average molecular weight is 222 g/mol. The minimum absolute atomic E-state index is 0.119. The van der Waals surface area contributed by atoms with Gasteiger partial charge in [0.15, 0.2) is 0 Å². The number of benzene rings is 1. The molecule has 0 radical (unpaired) electrons. The van der Waals surface area contributed by atoms with Crippen LogP contribution >= 0.6 is 0 Å². The maximum absolute atomic E-state index is 9.10. The minimum atomic E-state index is 0.119. The van der Waals surface area contributed by atoms with Crippen LogP contribution in [0.5, 0.6) is 0 Å². The molecule has 0 unspecified atom stereocenters. The lowest BCUT2D eigenvalue weighted by Gasteiger charge is -2.22. The van der Waals surface area contributed by atoms with Crippen LogP contribution in [0.1, 0.15) is 11.1 Å². The first-order valence-electron chi connectivity index (χ1n) is 5.61. The Kier molecular flexibility index (Phi) is 4.77. The molecule has 1 aromatic rings. The Labute approximate surface area is 98.3 Å². The average Bonchev–Trinajstić information content (AvgIpc) is 2.25. The van der Waals surface area contributed by atoms with Crippen LogP contribution in [0.15, 0.2) is 18.2 Å². The van der Waals surface area contributed by atoms with Gasteiger partial charge >= 0.3 is 0 Å². The molecular weight excluding hydrogens is 200 g/mol. The zero-order chi connectivity index (χ0) is 12.1. The fourth-order valence-electron chi connectivity index (χ4n) is 1.57. The van der Waals surface area contributed by atoms with Gasteiger partial charge in [-0.1, -0.05) is 6.07 Å². The lowest BCUT2D eigenvalue weighted by molar-refractivity contribution is 0.281. The van der Waals surface area contributed by atoms with Crippen molar-refractivity contribution < 1.29 is 5.11 Å². The molecular formula is C13H22N2O. The highest BCUT2D eigenvalue weighted by Gasteiger charge is 2.03. The van der Waals surface area contributed by atoms with Crippen LogP contribution in [0.3, 0.4) is 0 Å². The number of anilines is 1. The first kappa shape index (κ1) is 13.0. The molecule has 90 valence electrons. The number of nitrogens with zero attached hydrogens (tertiary/aromatic N) is 2. The molecule has 1 N–H and O–H groups in total. The van der Waals surface area contributed by atoms with E-state index < -0.39 is 0 Å². The quantitative estimate of drug-likeness (QED) is 0.817. The van der Waals surface area contributed by atoms with Crippen molar-refractivity contribution in [2.75, 3.05) is 39.1 Å². The molecule has 0 aliphatic rings. The molecule has 0 spiro atoms. The van der Waals surface area contributed by atoms with Crippen molar-refractivity contribution >= 4 is 5.69 Å². The third-order valence-electron chi connectivity index (χ3n) is 2.82. The molecule has 0 heterocycles. The summed E-state index contributed by atoms with van der Waals surface area (Å²) in [6.07, 6.45) is 0. The van der Waals surface area contributed by atoms with Gasteiger partial charge in [0, 0.05) is 25.8 Å². The monoisotopic (exact) mass is 222 g/mol. The Hall–Kier alpha value is -1.06. The van der Waals surface area contributed by atoms with Gasteiger partial charge in [-0.2, -0.15) is 0 Å². The first-order valence-corrected chi connectivity index (χ1v) is 5.61. The smallest absolute Gasteiger partial charge is 0.0684 e. The molecule has 0 aromatic heterocycles. The van der Waals surface area contributed by atoms with Crippen molar-refractivity contribution in [1.29, 1.82) is 0 Å². The van der Waals surface area contributed by atoms with Crippen LogP contribution in [-0.2, 0) is 6.61 Å². The van der Waals surface area contributed by atoms with Crippen LogP contribution in [-0.4, -0.2) is 44.2 Å². The third kappa shape index (κ3) is 3.51. The van der Waals surface area contributed by atoms with E-state index in [1.165, 1.54) is 5.69 Å². The predicted octanol–water partition coefficient (Wildman–Crippen LogP) is 1.49. The third-order valence-corrected chi connectivity index (χ3v) is 2.82. The molecule has 1 aromatic carbocycles. The van der Waals surface area contributed by atoms with Crippen LogP contribution in [0.4, 0.5) is 5.69 Å². The van der Waals surface area contributed by atoms with E-state index in [1.54, 1.807) is 0 Å². The number of likely N-dealkylation sites (N-methyl/N-ethyl adjacent to an activating group) is 2. The second-order valence-electron chi connectivity index (χ2n) is 4.49. The SMILES string of the molecule is Cc1cc(N(C)CCN(C)C)ccc1CO. The molecule has 0 saturated carbocycles. The van der Waals surface area contributed by atoms with Crippen LogP contribution in [0.25, 0.3) is 0 Å². The Morgan fingerprint density at radius 1 is 1.12 bits per heavy atom. The van der Waals surface area contributed by atoms with Crippen molar-refractivity contribution in [2.45, 2.75) is 13.5 Å². The van der Waals surface area contributed by atoms with Crippen molar-refractivity contribution in [3.8, 4) is 0 Å². The highest BCUT2D eigenvalue weighted by molar-refractivity contribution is 5.50. The van der Waals surface area contributed by atoms with E-state index in [0.29, 0.717) is 0 Å². The number of rotatable bonds is 5.